The van der Waals surface area contributed by atoms with Gasteiger partial charge in [-0.1, -0.05) is 0 Å². The molecule has 0 aromatic rings. The van der Waals surface area contributed by atoms with Crippen LogP contribution in [0.5, 0.6) is 0 Å². The predicted octanol–water partition coefficient (Wildman–Crippen LogP) is -1.33. The molecule has 0 spiro atoms. The van der Waals surface area contributed by atoms with E-state index < -0.39 is 18.0 Å². The van der Waals surface area contributed by atoms with Crippen molar-refractivity contribution in [2.24, 2.45) is 0 Å². The highest BCUT2D eigenvalue weighted by Gasteiger charge is 2.43. The monoisotopic (exact) mass is 176 g/mol. The van der Waals surface area contributed by atoms with Crippen LogP contribution < -0.4 is 0 Å². The van der Waals surface area contributed by atoms with E-state index in [0.29, 0.717) is 6.29 Å². The summed E-state index contributed by atoms with van der Waals surface area (Å²) in [5.74, 6) is -1.32. The molecule has 70 valence electrons. The molecule has 1 aliphatic rings. The van der Waals surface area contributed by atoms with Crippen LogP contribution in [0.3, 0.4) is 0 Å². The van der Waals surface area contributed by atoms with Gasteiger partial charge in [0.2, 0.25) is 5.79 Å². The van der Waals surface area contributed by atoms with Crippen molar-refractivity contribution in [2.45, 2.75) is 24.9 Å². The summed E-state index contributed by atoms with van der Waals surface area (Å²) in [6.45, 7) is 0.904. The molecule has 1 fully saturated rings. The van der Waals surface area contributed by atoms with Crippen LogP contribution in [0.25, 0.3) is 0 Å². The number of rotatable bonds is 3. The van der Waals surface area contributed by atoms with Crippen molar-refractivity contribution >= 4 is 6.29 Å². The Labute approximate surface area is 69.9 Å². The number of hydrogen-bond acceptors (Lipinski definition) is 5. The zero-order chi connectivity index (χ0) is 9.19. The Balaban J connectivity index is 2.64. The minimum atomic E-state index is -1.32. The Morgan fingerprint density at radius 3 is 2.00 bits per heavy atom. The van der Waals surface area contributed by atoms with Gasteiger partial charge in [-0.25, -0.2) is 0 Å². The highest BCUT2D eigenvalue weighted by Crippen LogP contribution is 2.26. The first-order valence-corrected chi connectivity index (χ1v) is 3.69. The third kappa shape index (κ3) is 1.64. The third-order valence-electron chi connectivity index (χ3n) is 1.76. The van der Waals surface area contributed by atoms with Crippen LogP contribution in [0.1, 0.15) is 6.92 Å². The topological polar surface area (TPSA) is 76.0 Å². The fourth-order valence-corrected chi connectivity index (χ4v) is 1.15. The lowest BCUT2D eigenvalue weighted by Crippen LogP contribution is -2.29. The van der Waals surface area contributed by atoms with Crippen LogP contribution >= 0.6 is 0 Å². The number of aliphatic hydroxyl groups is 2. The van der Waals surface area contributed by atoms with Gasteiger partial charge in [0.05, 0.1) is 13.2 Å². The molecule has 0 aromatic heterocycles. The van der Waals surface area contributed by atoms with E-state index in [1.807, 2.05) is 0 Å². The van der Waals surface area contributed by atoms with Crippen molar-refractivity contribution in [1.82, 2.24) is 0 Å². The van der Waals surface area contributed by atoms with Gasteiger partial charge in [-0.2, -0.15) is 0 Å². The van der Waals surface area contributed by atoms with Gasteiger partial charge in [-0.3, -0.25) is 4.79 Å². The Kier molecular flexibility index (Phi) is 2.79. The maximum Gasteiger partial charge on any atom is 0.223 e. The van der Waals surface area contributed by atoms with Crippen LogP contribution in [0.15, 0.2) is 0 Å². The first-order chi connectivity index (χ1) is 5.65. The number of ether oxygens (including phenoxy) is 2. The lowest BCUT2D eigenvalue weighted by atomic mass is 10.2. The van der Waals surface area contributed by atoms with Gasteiger partial charge < -0.3 is 19.7 Å². The van der Waals surface area contributed by atoms with Gasteiger partial charge in [-0.15, -0.1) is 0 Å². The van der Waals surface area contributed by atoms with E-state index in [1.165, 1.54) is 6.92 Å². The van der Waals surface area contributed by atoms with Crippen LogP contribution in [-0.2, 0) is 14.3 Å². The van der Waals surface area contributed by atoms with Crippen molar-refractivity contribution < 1.29 is 24.5 Å². The lowest BCUT2D eigenvalue weighted by molar-refractivity contribution is -0.171. The second-order valence-corrected chi connectivity index (χ2v) is 2.81. The molecule has 1 rings (SSSR count). The molecule has 1 saturated heterocycles. The molecule has 12 heavy (non-hydrogen) atoms. The zero-order valence-electron chi connectivity index (χ0n) is 6.77. The van der Waals surface area contributed by atoms with E-state index in [9.17, 15) is 4.79 Å². The molecule has 0 bridgehead atoms. The summed E-state index contributed by atoms with van der Waals surface area (Å²) < 4.78 is 10.1. The van der Waals surface area contributed by atoms with E-state index in [-0.39, 0.29) is 13.2 Å². The minimum absolute atomic E-state index is 0.269. The number of hydrogen-bond donors (Lipinski definition) is 2. The fraction of sp³-hybridized carbons (Fsp3) is 0.857. The first-order valence-electron chi connectivity index (χ1n) is 3.69. The summed E-state index contributed by atoms with van der Waals surface area (Å²) in [4.78, 5) is 10.4. The fourth-order valence-electron chi connectivity index (χ4n) is 1.15. The number of aliphatic hydroxyl groups excluding tert-OH is 2. The van der Waals surface area contributed by atoms with Crippen molar-refractivity contribution in [1.29, 1.82) is 0 Å². The molecule has 5 nitrogen and oxygen atoms in total. The highest BCUT2D eigenvalue weighted by molar-refractivity contribution is 5.59. The van der Waals surface area contributed by atoms with Gasteiger partial charge in [0, 0.05) is 0 Å². The quantitative estimate of drug-likeness (QED) is 0.521. The number of carbonyl (C=O) groups is 1. The minimum Gasteiger partial charge on any atom is -0.394 e. The maximum atomic E-state index is 10.4. The summed E-state index contributed by atoms with van der Waals surface area (Å²) in [6, 6.07) is 0. The summed E-state index contributed by atoms with van der Waals surface area (Å²) in [6.07, 6.45) is -0.735. The maximum absolute atomic E-state index is 10.4. The Morgan fingerprint density at radius 2 is 1.75 bits per heavy atom. The molecular formula is C7H12O5. The zero-order valence-corrected chi connectivity index (χ0v) is 6.77. The average molecular weight is 176 g/mol. The molecule has 0 unspecified atom stereocenters. The summed E-state index contributed by atoms with van der Waals surface area (Å²) in [5, 5.41) is 17.5. The van der Waals surface area contributed by atoms with Gasteiger partial charge in [0.15, 0.2) is 6.29 Å². The van der Waals surface area contributed by atoms with Crippen LogP contribution in [-0.4, -0.2) is 47.7 Å². The van der Waals surface area contributed by atoms with E-state index in [1.54, 1.807) is 0 Å². The standard InChI is InChI=1S/C7H12O5/c1-7(4-10)11-5(2-8)6(3-9)12-7/h4-6,8-9H,2-3H2,1H3/t5-,6-/m0/s1. The second-order valence-electron chi connectivity index (χ2n) is 2.81. The molecular weight excluding hydrogens is 164 g/mol. The molecule has 0 amide bonds. The Morgan fingerprint density at radius 1 is 1.33 bits per heavy atom. The number of carbonyl (C=O) groups excluding carboxylic acids is 1. The van der Waals surface area contributed by atoms with E-state index >= 15 is 0 Å². The molecule has 5 heteroatoms. The van der Waals surface area contributed by atoms with Crippen LogP contribution in [0.2, 0.25) is 0 Å². The molecule has 0 aromatic carbocycles. The van der Waals surface area contributed by atoms with Gasteiger partial charge in [-0.05, 0) is 6.92 Å². The van der Waals surface area contributed by atoms with Crippen LogP contribution in [0, 0.1) is 0 Å². The van der Waals surface area contributed by atoms with Gasteiger partial charge >= 0.3 is 0 Å². The molecule has 0 aliphatic carbocycles. The SMILES string of the molecule is CC1(C=O)O[C@@H](CO)[C@H](CO)O1. The highest BCUT2D eigenvalue weighted by atomic mass is 16.8. The summed E-state index contributed by atoms with van der Waals surface area (Å²) in [7, 11) is 0. The average Bonchev–Trinajstić information content (AvgIpc) is 2.43. The third-order valence-corrected chi connectivity index (χ3v) is 1.76. The van der Waals surface area contributed by atoms with E-state index in [0.717, 1.165) is 0 Å². The second kappa shape index (κ2) is 3.49. The molecule has 2 N–H and O–H groups in total. The molecule has 1 aliphatic heterocycles. The smallest absolute Gasteiger partial charge is 0.223 e. The van der Waals surface area contributed by atoms with Crippen molar-refractivity contribution in [3.05, 3.63) is 0 Å². The van der Waals surface area contributed by atoms with Gasteiger partial charge in [0.1, 0.15) is 12.2 Å². The van der Waals surface area contributed by atoms with E-state index in [2.05, 4.69) is 0 Å². The molecule has 2 atom stereocenters. The van der Waals surface area contributed by atoms with E-state index in [4.69, 9.17) is 19.7 Å². The number of aldehydes is 1. The first kappa shape index (κ1) is 9.60. The van der Waals surface area contributed by atoms with Crippen molar-refractivity contribution in [3.8, 4) is 0 Å². The van der Waals surface area contributed by atoms with Crippen molar-refractivity contribution in [3.63, 3.8) is 0 Å². The normalized spacial score (nSPS) is 33.6. The Hall–Kier alpha value is -0.490. The van der Waals surface area contributed by atoms with Gasteiger partial charge in [0.25, 0.3) is 0 Å². The molecule has 0 saturated carbocycles. The summed E-state index contributed by atoms with van der Waals surface area (Å²) in [5.41, 5.74) is 0. The Bertz CT molecular complexity index is 157. The predicted molar refractivity (Wildman–Crippen MR) is 38.4 cm³/mol. The largest absolute Gasteiger partial charge is 0.394 e. The molecule has 0 radical (unpaired) electrons. The van der Waals surface area contributed by atoms with Crippen LogP contribution in [0.4, 0.5) is 0 Å². The van der Waals surface area contributed by atoms with Crippen molar-refractivity contribution in [2.75, 3.05) is 13.2 Å². The molecule has 1 heterocycles. The summed E-state index contributed by atoms with van der Waals surface area (Å²) >= 11 is 0. The lowest BCUT2D eigenvalue weighted by Gasteiger charge is -2.14.